The van der Waals surface area contributed by atoms with Gasteiger partial charge in [-0.2, -0.15) is 0 Å². The van der Waals surface area contributed by atoms with Crippen molar-refractivity contribution < 1.29 is 9.53 Å². The molecule has 0 radical (unpaired) electrons. The summed E-state index contributed by atoms with van der Waals surface area (Å²) in [6, 6.07) is 18.4. The van der Waals surface area contributed by atoms with Crippen molar-refractivity contribution >= 4 is 23.2 Å². The van der Waals surface area contributed by atoms with Gasteiger partial charge >= 0.3 is 0 Å². The highest BCUT2D eigenvalue weighted by atomic mass is 16.5. The molecule has 0 aliphatic rings. The van der Waals surface area contributed by atoms with Crippen molar-refractivity contribution in [3.05, 3.63) is 91.0 Å². The van der Waals surface area contributed by atoms with Gasteiger partial charge in [-0.15, -0.1) is 0 Å². The van der Waals surface area contributed by atoms with Gasteiger partial charge in [0.25, 0.3) is 5.91 Å². The van der Waals surface area contributed by atoms with Crippen LogP contribution in [-0.4, -0.2) is 28.0 Å². The van der Waals surface area contributed by atoms with Gasteiger partial charge in [-0.05, 0) is 48.0 Å². The number of hydrogen-bond donors (Lipinski definition) is 2. The Bertz CT molecular complexity index is 1130. The third-order valence-corrected chi connectivity index (χ3v) is 4.38. The van der Waals surface area contributed by atoms with Gasteiger partial charge < -0.3 is 15.4 Å². The number of carbonyl (C=O) groups is 1. The fraction of sp³-hybridized carbons (Fsp3) is 0.0435. The van der Waals surface area contributed by atoms with Crippen molar-refractivity contribution in [3.8, 4) is 16.9 Å². The number of pyridine rings is 1. The number of nitrogens with zero attached hydrogens (tertiary/aromatic N) is 3. The van der Waals surface area contributed by atoms with E-state index in [4.69, 9.17) is 4.74 Å². The lowest BCUT2D eigenvalue weighted by Gasteiger charge is -2.09. The molecule has 0 aliphatic carbocycles. The topological polar surface area (TPSA) is 89.0 Å². The Hall–Kier alpha value is -4.26. The molecule has 7 nitrogen and oxygen atoms in total. The molecule has 0 spiro atoms. The van der Waals surface area contributed by atoms with Crippen LogP contribution in [0.3, 0.4) is 0 Å². The van der Waals surface area contributed by atoms with E-state index < -0.39 is 0 Å². The Morgan fingerprint density at radius 3 is 2.33 bits per heavy atom. The number of carbonyl (C=O) groups excluding carboxylic acids is 1. The number of hydrogen-bond acceptors (Lipinski definition) is 6. The number of ether oxygens (including phenoxy) is 1. The van der Waals surface area contributed by atoms with Gasteiger partial charge in [0.2, 0.25) is 5.95 Å². The molecule has 0 bridgehead atoms. The van der Waals surface area contributed by atoms with Crippen molar-refractivity contribution in [1.29, 1.82) is 0 Å². The molecule has 0 aliphatic heterocycles. The van der Waals surface area contributed by atoms with Crippen LogP contribution in [0.5, 0.6) is 5.75 Å². The summed E-state index contributed by atoms with van der Waals surface area (Å²) >= 11 is 0. The fourth-order valence-electron chi connectivity index (χ4n) is 2.83. The second kappa shape index (κ2) is 8.83. The Balaban J connectivity index is 1.45. The smallest absolute Gasteiger partial charge is 0.255 e. The number of amides is 1. The highest BCUT2D eigenvalue weighted by molar-refractivity contribution is 6.04. The van der Waals surface area contributed by atoms with E-state index in [1.54, 1.807) is 62.2 Å². The minimum absolute atomic E-state index is 0.220. The first-order chi connectivity index (χ1) is 14.7. The van der Waals surface area contributed by atoms with Crippen molar-refractivity contribution in [1.82, 2.24) is 15.0 Å². The zero-order chi connectivity index (χ0) is 20.8. The molecule has 30 heavy (non-hydrogen) atoms. The maximum absolute atomic E-state index is 12.5. The van der Waals surface area contributed by atoms with E-state index in [0.717, 1.165) is 16.9 Å². The molecule has 148 valence electrons. The van der Waals surface area contributed by atoms with Crippen LogP contribution in [-0.2, 0) is 0 Å². The molecule has 2 N–H and O–H groups in total. The number of benzene rings is 2. The SMILES string of the molecule is COc1ccc(-c2cnc(Nc3cccc(C(=O)Nc4cccnc4)c3)nc2)cc1. The van der Waals surface area contributed by atoms with Gasteiger partial charge in [0.05, 0.1) is 19.0 Å². The van der Waals surface area contributed by atoms with Crippen LogP contribution in [0.1, 0.15) is 10.4 Å². The van der Waals surface area contributed by atoms with Gasteiger partial charge in [0.15, 0.2) is 0 Å². The minimum atomic E-state index is -0.220. The molecule has 7 heteroatoms. The predicted molar refractivity (Wildman–Crippen MR) is 116 cm³/mol. The maximum Gasteiger partial charge on any atom is 0.255 e. The van der Waals surface area contributed by atoms with E-state index in [9.17, 15) is 4.79 Å². The first kappa shape index (κ1) is 19.1. The number of rotatable bonds is 6. The third-order valence-electron chi connectivity index (χ3n) is 4.38. The summed E-state index contributed by atoms with van der Waals surface area (Å²) in [4.78, 5) is 25.2. The Morgan fingerprint density at radius 1 is 0.867 bits per heavy atom. The summed E-state index contributed by atoms with van der Waals surface area (Å²) in [6.45, 7) is 0. The standard InChI is InChI=1S/C23H19N5O2/c1-30-21-9-7-16(8-10-21)18-13-25-23(26-14-18)28-19-5-2-4-17(12-19)22(29)27-20-6-3-11-24-15-20/h2-15H,1H3,(H,27,29)(H,25,26,28). The molecular weight excluding hydrogens is 378 g/mol. The molecule has 2 aromatic carbocycles. The molecule has 0 saturated carbocycles. The van der Waals surface area contributed by atoms with E-state index in [-0.39, 0.29) is 5.91 Å². The van der Waals surface area contributed by atoms with Crippen molar-refractivity contribution in [2.45, 2.75) is 0 Å². The summed E-state index contributed by atoms with van der Waals surface area (Å²) in [5.41, 5.74) is 3.76. The molecule has 0 fully saturated rings. The molecule has 4 rings (SSSR count). The van der Waals surface area contributed by atoms with Crippen LogP contribution in [0.15, 0.2) is 85.5 Å². The normalized spacial score (nSPS) is 10.3. The second-order valence-corrected chi connectivity index (χ2v) is 6.43. The average Bonchev–Trinajstić information content (AvgIpc) is 2.80. The van der Waals surface area contributed by atoms with Crippen LogP contribution in [0.25, 0.3) is 11.1 Å². The van der Waals surface area contributed by atoms with Crippen LogP contribution >= 0.6 is 0 Å². The Labute approximate surface area is 173 Å². The quantitative estimate of drug-likeness (QED) is 0.496. The van der Waals surface area contributed by atoms with Crippen molar-refractivity contribution in [3.63, 3.8) is 0 Å². The zero-order valence-electron chi connectivity index (χ0n) is 16.2. The Morgan fingerprint density at radius 2 is 1.63 bits per heavy atom. The van der Waals surface area contributed by atoms with E-state index >= 15 is 0 Å². The second-order valence-electron chi connectivity index (χ2n) is 6.43. The number of methoxy groups -OCH3 is 1. The van der Waals surface area contributed by atoms with E-state index in [1.165, 1.54) is 0 Å². The number of nitrogens with one attached hydrogen (secondary N) is 2. The van der Waals surface area contributed by atoms with E-state index in [0.29, 0.717) is 22.9 Å². The molecule has 0 saturated heterocycles. The highest BCUT2D eigenvalue weighted by Gasteiger charge is 2.08. The van der Waals surface area contributed by atoms with E-state index in [1.807, 2.05) is 30.3 Å². The lowest BCUT2D eigenvalue weighted by molar-refractivity contribution is 0.102. The van der Waals surface area contributed by atoms with E-state index in [2.05, 4.69) is 25.6 Å². The van der Waals surface area contributed by atoms with Gasteiger partial charge in [-0.3, -0.25) is 9.78 Å². The van der Waals surface area contributed by atoms with Crippen molar-refractivity contribution in [2.75, 3.05) is 17.7 Å². The molecule has 0 atom stereocenters. The molecule has 2 aromatic heterocycles. The summed E-state index contributed by atoms with van der Waals surface area (Å²) in [7, 11) is 1.64. The van der Waals surface area contributed by atoms with Crippen molar-refractivity contribution in [2.24, 2.45) is 0 Å². The van der Waals surface area contributed by atoms with Crippen LogP contribution < -0.4 is 15.4 Å². The zero-order valence-corrected chi connectivity index (χ0v) is 16.2. The van der Waals surface area contributed by atoms with Crippen LogP contribution in [0, 0.1) is 0 Å². The summed E-state index contributed by atoms with van der Waals surface area (Å²) in [5.74, 6) is 1.02. The van der Waals surface area contributed by atoms with Gasteiger partial charge in [-0.25, -0.2) is 9.97 Å². The number of aromatic nitrogens is 3. The summed E-state index contributed by atoms with van der Waals surface area (Å²) < 4.78 is 5.18. The third kappa shape index (κ3) is 4.59. The maximum atomic E-state index is 12.5. The average molecular weight is 397 g/mol. The number of anilines is 3. The van der Waals surface area contributed by atoms with Crippen LogP contribution in [0.2, 0.25) is 0 Å². The molecule has 0 unspecified atom stereocenters. The summed E-state index contributed by atoms with van der Waals surface area (Å²) in [5, 5.41) is 5.94. The Kier molecular flexibility index (Phi) is 5.61. The van der Waals surface area contributed by atoms with Gasteiger partial charge in [0.1, 0.15) is 5.75 Å². The minimum Gasteiger partial charge on any atom is -0.497 e. The lowest BCUT2D eigenvalue weighted by Crippen LogP contribution is -2.12. The fourth-order valence-corrected chi connectivity index (χ4v) is 2.83. The molecule has 2 heterocycles. The molecule has 1 amide bonds. The van der Waals surface area contributed by atoms with Gasteiger partial charge in [0, 0.05) is 35.4 Å². The van der Waals surface area contributed by atoms with Crippen LogP contribution in [0.4, 0.5) is 17.3 Å². The largest absolute Gasteiger partial charge is 0.497 e. The van der Waals surface area contributed by atoms with Gasteiger partial charge in [-0.1, -0.05) is 18.2 Å². The first-order valence-electron chi connectivity index (χ1n) is 9.26. The lowest BCUT2D eigenvalue weighted by atomic mass is 10.1. The first-order valence-corrected chi connectivity index (χ1v) is 9.26. The predicted octanol–water partition coefficient (Wildman–Crippen LogP) is 4.54. The summed E-state index contributed by atoms with van der Waals surface area (Å²) in [6.07, 6.45) is 6.74. The monoisotopic (exact) mass is 397 g/mol. The molecule has 4 aromatic rings. The molecular formula is C23H19N5O2. The highest BCUT2D eigenvalue weighted by Crippen LogP contribution is 2.22.